The van der Waals surface area contributed by atoms with Crippen LogP contribution in [-0.2, 0) is 0 Å². The number of benzene rings is 1. The molecule has 0 heterocycles. The fraction of sp³-hybridized carbons (Fsp3) is 0.588. The molecule has 5 nitrogen and oxygen atoms in total. The molecule has 1 N–H and O–H groups in total. The topological polar surface area (TPSA) is 56.8 Å². The summed E-state index contributed by atoms with van der Waals surface area (Å²) >= 11 is 0. The highest BCUT2D eigenvalue weighted by molar-refractivity contribution is 8.93. The van der Waals surface area contributed by atoms with Crippen LogP contribution in [0, 0.1) is 0 Å². The Hall–Kier alpha value is -1.27. The van der Waals surface area contributed by atoms with Crippen molar-refractivity contribution in [2.24, 2.45) is 0 Å². The van der Waals surface area contributed by atoms with E-state index in [0.717, 1.165) is 12.8 Å². The molecule has 1 aromatic carbocycles. The van der Waals surface area contributed by atoms with E-state index >= 15 is 0 Å². The second-order valence-corrected chi connectivity index (χ2v) is 5.55. The molecule has 1 aliphatic rings. The minimum absolute atomic E-state index is 0. The normalized spacial score (nSPS) is 14.7. The summed E-state index contributed by atoms with van der Waals surface area (Å²) in [4.78, 5) is 12.4. The first-order valence-corrected chi connectivity index (χ1v) is 7.76. The molecule has 0 saturated heterocycles. The molecule has 1 saturated carbocycles. The van der Waals surface area contributed by atoms with Crippen LogP contribution in [-0.4, -0.2) is 39.7 Å². The van der Waals surface area contributed by atoms with Crippen LogP contribution in [0.2, 0.25) is 0 Å². The smallest absolute Gasteiger partial charge is 0.203 e. The number of hydrogen-bond donors (Lipinski definition) is 1. The Kier molecular flexibility index (Phi) is 8.41. The molecule has 23 heavy (non-hydrogen) atoms. The van der Waals surface area contributed by atoms with E-state index in [1.54, 1.807) is 33.5 Å². The third-order valence-electron chi connectivity index (χ3n) is 4.14. The summed E-state index contributed by atoms with van der Waals surface area (Å²) in [6.45, 7) is 0.337. The maximum Gasteiger partial charge on any atom is 0.203 e. The molecule has 1 fully saturated rings. The third-order valence-corrected chi connectivity index (χ3v) is 4.14. The molecule has 6 heteroatoms. The number of hydrogen-bond acceptors (Lipinski definition) is 5. The highest BCUT2D eigenvalue weighted by atomic mass is 79.9. The van der Waals surface area contributed by atoms with Gasteiger partial charge in [0.1, 0.15) is 0 Å². The van der Waals surface area contributed by atoms with Crippen molar-refractivity contribution in [2.75, 3.05) is 27.9 Å². The van der Waals surface area contributed by atoms with Crippen molar-refractivity contribution >= 4 is 22.8 Å². The van der Waals surface area contributed by atoms with Crippen molar-refractivity contribution in [3.05, 3.63) is 17.7 Å². The first kappa shape index (κ1) is 19.8. The van der Waals surface area contributed by atoms with Crippen molar-refractivity contribution in [1.82, 2.24) is 5.32 Å². The number of carbonyl (C=O) groups excluding carboxylic acids is 1. The molecule has 1 aliphatic carbocycles. The van der Waals surface area contributed by atoms with E-state index in [1.807, 2.05) is 0 Å². The summed E-state index contributed by atoms with van der Waals surface area (Å²) in [5.74, 6) is 1.54. The summed E-state index contributed by atoms with van der Waals surface area (Å²) < 4.78 is 15.8. The monoisotopic (exact) mass is 387 g/mol. The van der Waals surface area contributed by atoms with E-state index in [1.165, 1.54) is 19.3 Å². The highest BCUT2D eigenvalue weighted by Crippen LogP contribution is 2.38. The number of halogens is 1. The van der Waals surface area contributed by atoms with Crippen LogP contribution < -0.4 is 19.5 Å². The Labute approximate surface area is 148 Å². The summed E-state index contributed by atoms with van der Waals surface area (Å²) in [6.07, 6.45) is 6.11. The maximum absolute atomic E-state index is 12.4. The molecular formula is C17H26BrNO4. The second-order valence-electron chi connectivity index (χ2n) is 5.55. The maximum atomic E-state index is 12.4. The van der Waals surface area contributed by atoms with Gasteiger partial charge in [-0.05, 0) is 25.0 Å². The average molecular weight is 388 g/mol. The largest absolute Gasteiger partial charge is 0.493 e. The van der Waals surface area contributed by atoms with E-state index in [4.69, 9.17) is 14.2 Å². The van der Waals surface area contributed by atoms with Crippen molar-refractivity contribution in [3.8, 4) is 17.2 Å². The Morgan fingerprint density at radius 2 is 1.61 bits per heavy atom. The molecule has 0 unspecified atom stereocenters. The molecular weight excluding hydrogens is 362 g/mol. The van der Waals surface area contributed by atoms with Gasteiger partial charge in [0, 0.05) is 11.6 Å². The standard InChI is InChI=1S/C17H25NO4.BrH/c1-20-15-9-12(10-16(21-2)17(15)22-3)14(19)11-18-13-7-5-4-6-8-13;/h9-10,13,18H,4-8,11H2,1-3H3;1H. The molecule has 1 aromatic rings. The number of methoxy groups -OCH3 is 3. The number of ketones is 1. The van der Waals surface area contributed by atoms with Gasteiger partial charge in [-0.1, -0.05) is 19.3 Å². The number of Topliss-reactive ketones (excluding diaryl/α,β-unsaturated/α-hetero) is 1. The van der Waals surface area contributed by atoms with Crippen LogP contribution in [0.25, 0.3) is 0 Å². The van der Waals surface area contributed by atoms with Crippen molar-refractivity contribution < 1.29 is 19.0 Å². The molecule has 0 bridgehead atoms. The summed E-state index contributed by atoms with van der Waals surface area (Å²) in [7, 11) is 4.64. The fourth-order valence-electron chi connectivity index (χ4n) is 2.89. The second kappa shape index (κ2) is 9.78. The lowest BCUT2D eigenvalue weighted by atomic mass is 9.95. The molecule has 0 amide bonds. The van der Waals surface area contributed by atoms with Gasteiger partial charge in [-0.15, -0.1) is 17.0 Å². The lowest BCUT2D eigenvalue weighted by Crippen LogP contribution is -2.35. The quantitative estimate of drug-likeness (QED) is 0.726. The van der Waals surface area contributed by atoms with Crippen LogP contribution in [0.4, 0.5) is 0 Å². The van der Waals surface area contributed by atoms with Crippen LogP contribution in [0.5, 0.6) is 17.2 Å². The van der Waals surface area contributed by atoms with Crippen LogP contribution >= 0.6 is 17.0 Å². The summed E-state index contributed by atoms with van der Waals surface area (Å²) in [5.41, 5.74) is 0.567. The number of ether oxygens (including phenoxy) is 3. The zero-order chi connectivity index (χ0) is 15.9. The molecule has 130 valence electrons. The number of nitrogens with one attached hydrogen (secondary N) is 1. The van der Waals surface area contributed by atoms with Gasteiger partial charge in [0.15, 0.2) is 17.3 Å². The lowest BCUT2D eigenvalue weighted by molar-refractivity contribution is 0.0984. The first-order chi connectivity index (χ1) is 10.7. The molecule has 0 atom stereocenters. The summed E-state index contributed by atoms with van der Waals surface area (Å²) in [6, 6.07) is 3.86. The zero-order valence-electron chi connectivity index (χ0n) is 14.0. The Bertz CT molecular complexity index is 490. The van der Waals surface area contributed by atoms with Gasteiger partial charge >= 0.3 is 0 Å². The first-order valence-electron chi connectivity index (χ1n) is 7.76. The Morgan fingerprint density at radius 3 is 2.09 bits per heavy atom. The molecule has 0 radical (unpaired) electrons. The minimum atomic E-state index is 0. The van der Waals surface area contributed by atoms with E-state index in [-0.39, 0.29) is 22.8 Å². The number of carbonyl (C=O) groups is 1. The number of rotatable bonds is 7. The van der Waals surface area contributed by atoms with Gasteiger partial charge < -0.3 is 19.5 Å². The van der Waals surface area contributed by atoms with E-state index in [2.05, 4.69) is 5.32 Å². The van der Waals surface area contributed by atoms with Gasteiger partial charge in [-0.25, -0.2) is 0 Å². The molecule has 0 aromatic heterocycles. The molecule has 0 aliphatic heterocycles. The van der Waals surface area contributed by atoms with E-state index in [0.29, 0.717) is 35.4 Å². The average Bonchev–Trinajstić information content (AvgIpc) is 2.59. The van der Waals surface area contributed by atoms with Crippen LogP contribution in [0.1, 0.15) is 42.5 Å². The van der Waals surface area contributed by atoms with Crippen molar-refractivity contribution in [2.45, 2.75) is 38.1 Å². The predicted molar refractivity (Wildman–Crippen MR) is 95.6 cm³/mol. The lowest BCUT2D eigenvalue weighted by Gasteiger charge is -2.22. The fourth-order valence-corrected chi connectivity index (χ4v) is 2.89. The van der Waals surface area contributed by atoms with E-state index in [9.17, 15) is 4.79 Å². The van der Waals surface area contributed by atoms with E-state index < -0.39 is 0 Å². The van der Waals surface area contributed by atoms with Gasteiger partial charge in [0.05, 0.1) is 27.9 Å². The van der Waals surface area contributed by atoms with Gasteiger partial charge in [0.2, 0.25) is 5.75 Å². The van der Waals surface area contributed by atoms with Crippen molar-refractivity contribution in [3.63, 3.8) is 0 Å². The minimum Gasteiger partial charge on any atom is -0.493 e. The predicted octanol–water partition coefficient (Wildman–Crippen LogP) is 3.40. The third kappa shape index (κ3) is 5.11. The Morgan fingerprint density at radius 1 is 1.04 bits per heavy atom. The molecule has 0 spiro atoms. The highest BCUT2D eigenvalue weighted by Gasteiger charge is 2.18. The molecule has 2 rings (SSSR count). The zero-order valence-corrected chi connectivity index (χ0v) is 15.7. The van der Waals surface area contributed by atoms with Gasteiger partial charge in [0.25, 0.3) is 0 Å². The Balaban J connectivity index is 0.00000264. The van der Waals surface area contributed by atoms with Gasteiger partial charge in [-0.3, -0.25) is 4.79 Å². The summed E-state index contributed by atoms with van der Waals surface area (Å²) in [5, 5.41) is 3.36. The van der Waals surface area contributed by atoms with Crippen LogP contribution in [0.15, 0.2) is 12.1 Å². The van der Waals surface area contributed by atoms with Gasteiger partial charge in [-0.2, -0.15) is 0 Å². The van der Waals surface area contributed by atoms with Crippen LogP contribution in [0.3, 0.4) is 0 Å². The SMILES string of the molecule is Br.COc1cc(C(=O)CNC2CCCCC2)cc(OC)c1OC. The van der Waals surface area contributed by atoms with Crippen molar-refractivity contribution in [1.29, 1.82) is 0 Å².